The molecule has 0 saturated heterocycles. The molecular formula is C3H9NS2. The summed E-state index contributed by atoms with van der Waals surface area (Å²) >= 11 is 5.36. The third-order valence-electron chi connectivity index (χ3n) is 0.420. The monoisotopic (exact) mass is 123 g/mol. The zero-order valence-electron chi connectivity index (χ0n) is 3.55. The minimum absolute atomic E-state index is 0.949. The molecule has 0 atom stereocenters. The van der Waals surface area contributed by atoms with Gasteiger partial charge in [-0.3, -0.25) is 5.14 Å². The first-order valence-electron chi connectivity index (χ1n) is 1.84. The van der Waals surface area contributed by atoms with Gasteiger partial charge in [0.05, 0.1) is 0 Å². The third-order valence-corrected chi connectivity index (χ3v) is 1.26. The summed E-state index contributed by atoms with van der Waals surface area (Å²) in [6.45, 7) is 0. The standard InChI is InChI=1S/C3H9NS2/c4-6-3-1-2-5/h5H,1-4H2. The molecule has 0 spiro atoms. The van der Waals surface area contributed by atoms with Gasteiger partial charge in [0.15, 0.2) is 0 Å². The molecule has 6 heavy (non-hydrogen) atoms. The summed E-state index contributed by atoms with van der Waals surface area (Å²) in [5.74, 6) is 1.98. The third kappa shape index (κ3) is 4.66. The highest BCUT2D eigenvalue weighted by Gasteiger charge is 1.76. The Hall–Kier alpha value is 0.660. The lowest BCUT2D eigenvalue weighted by Gasteiger charge is -1.85. The molecule has 0 aliphatic carbocycles. The van der Waals surface area contributed by atoms with Crippen molar-refractivity contribution >= 4 is 24.6 Å². The Morgan fingerprint density at radius 3 is 2.50 bits per heavy atom. The molecule has 1 nitrogen and oxygen atoms in total. The van der Waals surface area contributed by atoms with Crippen LogP contribution in [0, 0.1) is 0 Å². The Bertz CT molecular complexity index is 20.8. The maximum Gasteiger partial charge on any atom is 0.00842 e. The van der Waals surface area contributed by atoms with Gasteiger partial charge in [-0.1, -0.05) is 11.9 Å². The molecule has 0 aliphatic rings. The number of rotatable bonds is 3. The van der Waals surface area contributed by atoms with Gasteiger partial charge in [0.25, 0.3) is 0 Å². The van der Waals surface area contributed by atoms with Crippen molar-refractivity contribution in [3.8, 4) is 0 Å². The Morgan fingerprint density at radius 2 is 2.33 bits per heavy atom. The average molecular weight is 123 g/mol. The Balaban J connectivity index is 2.34. The summed E-state index contributed by atoms with van der Waals surface area (Å²) in [4.78, 5) is 0. The van der Waals surface area contributed by atoms with Gasteiger partial charge in [0.1, 0.15) is 0 Å². The fourth-order valence-corrected chi connectivity index (χ4v) is 0.831. The summed E-state index contributed by atoms with van der Waals surface area (Å²) in [7, 11) is 0. The molecule has 0 amide bonds. The Kier molecular flexibility index (Phi) is 6.28. The van der Waals surface area contributed by atoms with Crippen molar-refractivity contribution in [1.29, 1.82) is 0 Å². The summed E-state index contributed by atoms with van der Waals surface area (Å²) in [6.07, 6.45) is 1.12. The van der Waals surface area contributed by atoms with Crippen LogP contribution in [0.3, 0.4) is 0 Å². The fraction of sp³-hybridized carbons (Fsp3) is 1.00. The maximum absolute atomic E-state index is 5.10. The molecule has 0 saturated carbocycles. The molecule has 2 N–H and O–H groups in total. The van der Waals surface area contributed by atoms with E-state index >= 15 is 0 Å². The van der Waals surface area contributed by atoms with Crippen LogP contribution in [0.1, 0.15) is 6.42 Å². The van der Waals surface area contributed by atoms with Crippen LogP contribution in [0.15, 0.2) is 0 Å². The van der Waals surface area contributed by atoms with Gasteiger partial charge in [-0.05, 0) is 12.2 Å². The van der Waals surface area contributed by atoms with Gasteiger partial charge in [0, 0.05) is 5.75 Å². The molecule has 38 valence electrons. The molecule has 0 aliphatic heterocycles. The lowest BCUT2D eigenvalue weighted by molar-refractivity contribution is 1.13. The van der Waals surface area contributed by atoms with Crippen molar-refractivity contribution < 1.29 is 0 Å². The van der Waals surface area contributed by atoms with Gasteiger partial charge >= 0.3 is 0 Å². The second kappa shape index (κ2) is 5.66. The minimum atomic E-state index is 0.949. The molecule has 0 radical (unpaired) electrons. The first kappa shape index (κ1) is 6.66. The van der Waals surface area contributed by atoms with Crippen molar-refractivity contribution in [2.75, 3.05) is 11.5 Å². The van der Waals surface area contributed by atoms with Gasteiger partial charge in [-0.25, -0.2) is 0 Å². The zero-order valence-corrected chi connectivity index (χ0v) is 5.27. The Labute approximate surface area is 48.2 Å². The summed E-state index contributed by atoms with van der Waals surface area (Å²) in [5.41, 5.74) is 0. The number of hydrogen-bond acceptors (Lipinski definition) is 3. The van der Waals surface area contributed by atoms with E-state index in [2.05, 4.69) is 12.6 Å². The lowest BCUT2D eigenvalue weighted by Crippen LogP contribution is -1.84. The first-order valence-corrected chi connectivity index (χ1v) is 3.52. The van der Waals surface area contributed by atoms with Crippen LogP contribution in [0.5, 0.6) is 0 Å². The van der Waals surface area contributed by atoms with Crippen LogP contribution in [0.4, 0.5) is 0 Å². The minimum Gasteiger partial charge on any atom is -0.278 e. The molecule has 0 bridgehead atoms. The van der Waals surface area contributed by atoms with E-state index in [1.807, 2.05) is 0 Å². The van der Waals surface area contributed by atoms with Crippen molar-refractivity contribution in [1.82, 2.24) is 0 Å². The summed E-state index contributed by atoms with van der Waals surface area (Å²) < 4.78 is 0. The normalized spacial score (nSPS) is 9.00. The summed E-state index contributed by atoms with van der Waals surface area (Å²) in [5, 5.41) is 5.10. The number of nitrogens with two attached hydrogens (primary N) is 1. The molecule has 0 heterocycles. The highest BCUT2D eigenvalue weighted by atomic mass is 32.2. The van der Waals surface area contributed by atoms with E-state index in [4.69, 9.17) is 5.14 Å². The highest BCUT2D eigenvalue weighted by Crippen LogP contribution is 1.90. The molecule has 0 unspecified atom stereocenters. The van der Waals surface area contributed by atoms with Crippen molar-refractivity contribution in [2.24, 2.45) is 5.14 Å². The number of hydrogen-bond donors (Lipinski definition) is 2. The van der Waals surface area contributed by atoms with Crippen LogP contribution >= 0.6 is 24.6 Å². The van der Waals surface area contributed by atoms with E-state index in [0.717, 1.165) is 17.9 Å². The summed E-state index contributed by atoms with van der Waals surface area (Å²) in [6, 6.07) is 0. The van der Waals surface area contributed by atoms with E-state index in [0.29, 0.717) is 0 Å². The molecule has 0 aromatic rings. The first-order chi connectivity index (χ1) is 2.91. The van der Waals surface area contributed by atoms with Crippen molar-refractivity contribution in [3.05, 3.63) is 0 Å². The second-order valence-electron chi connectivity index (χ2n) is 0.948. The van der Waals surface area contributed by atoms with E-state index < -0.39 is 0 Å². The predicted molar refractivity (Wildman–Crippen MR) is 35.1 cm³/mol. The number of thiol groups is 1. The van der Waals surface area contributed by atoms with E-state index in [-0.39, 0.29) is 0 Å². The topological polar surface area (TPSA) is 26.0 Å². The largest absolute Gasteiger partial charge is 0.278 e. The molecule has 0 aromatic carbocycles. The smallest absolute Gasteiger partial charge is 0.00842 e. The molecule has 0 rings (SSSR count). The SMILES string of the molecule is NSCCCS. The van der Waals surface area contributed by atoms with Gasteiger partial charge in [0.2, 0.25) is 0 Å². The van der Waals surface area contributed by atoms with Crippen molar-refractivity contribution in [3.63, 3.8) is 0 Å². The Morgan fingerprint density at radius 1 is 1.67 bits per heavy atom. The molecule has 0 fully saturated rings. The van der Waals surface area contributed by atoms with Crippen LogP contribution in [0.2, 0.25) is 0 Å². The maximum atomic E-state index is 5.10. The van der Waals surface area contributed by atoms with Crippen molar-refractivity contribution in [2.45, 2.75) is 6.42 Å². The molecule has 0 aromatic heterocycles. The molecule has 3 heteroatoms. The van der Waals surface area contributed by atoms with E-state index in [1.54, 1.807) is 0 Å². The quantitative estimate of drug-likeness (QED) is 0.331. The average Bonchev–Trinajstić information content (AvgIpc) is 1.61. The lowest BCUT2D eigenvalue weighted by atomic mass is 10.6. The second-order valence-corrected chi connectivity index (χ2v) is 2.14. The molecular weight excluding hydrogens is 114 g/mol. The highest BCUT2D eigenvalue weighted by molar-refractivity contribution is 7.97. The van der Waals surface area contributed by atoms with Crippen LogP contribution in [0.25, 0.3) is 0 Å². The van der Waals surface area contributed by atoms with Gasteiger partial charge < -0.3 is 0 Å². The van der Waals surface area contributed by atoms with Crippen LogP contribution in [-0.2, 0) is 0 Å². The zero-order chi connectivity index (χ0) is 4.83. The van der Waals surface area contributed by atoms with Crippen LogP contribution < -0.4 is 5.14 Å². The fourth-order valence-electron chi connectivity index (χ4n) is 0.148. The van der Waals surface area contributed by atoms with E-state index in [9.17, 15) is 0 Å². The van der Waals surface area contributed by atoms with Gasteiger partial charge in [-0.15, -0.1) is 0 Å². The van der Waals surface area contributed by atoms with Crippen LogP contribution in [-0.4, -0.2) is 11.5 Å². The van der Waals surface area contributed by atoms with Gasteiger partial charge in [-0.2, -0.15) is 12.6 Å². The van der Waals surface area contributed by atoms with E-state index in [1.165, 1.54) is 11.9 Å². The predicted octanol–water partition coefficient (Wildman–Crippen LogP) is 0.913.